The van der Waals surface area contributed by atoms with Crippen LogP contribution < -0.4 is 10.5 Å². The van der Waals surface area contributed by atoms with Crippen LogP contribution >= 0.6 is 15.9 Å². The van der Waals surface area contributed by atoms with Crippen molar-refractivity contribution in [3.63, 3.8) is 0 Å². The van der Waals surface area contributed by atoms with Crippen LogP contribution in [0.2, 0.25) is 0 Å². The van der Waals surface area contributed by atoms with E-state index in [4.69, 9.17) is 10.5 Å². The molecular weight excluding hydrogens is 308 g/mol. The number of carbonyl (C=O) groups excluding carboxylic acids is 1. The van der Waals surface area contributed by atoms with Crippen molar-refractivity contribution in [1.29, 1.82) is 0 Å². The van der Waals surface area contributed by atoms with Gasteiger partial charge >= 0.3 is 0 Å². The second kappa shape index (κ2) is 5.51. The number of amides is 1. The monoisotopic (exact) mass is 326 g/mol. The van der Waals surface area contributed by atoms with E-state index in [1.165, 1.54) is 0 Å². The minimum absolute atomic E-state index is 0.0549. The summed E-state index contributed by atoms with van der Waals surface area (Å²) in [5.74, 6) is 0.783. The first-order valence-electron chi connectivity index (χ1n) is 6.32. The standard InChI is InChI=1S/C14H19BrN2O2/c1-14(8-16)5-6-17(9-14)13(18)10-3-4-12(19-2)11(15)7-10/h3-4,7H,5-6,8-9,16H2,1-2H3. The van der Waals surface area contributed by atoms with Gasteiger partial charge in [0.25, 0.3) is 5.91 Å². The minimum atomic E-state index is 0.0549. The molecule has 1 saturated heterocycles. The highest BCUT2D eigenvalue weighted by molar-refractivity contribution is 9.10. The van der Waals surface area contributed by atoms with Crippen molar-refractivity contribution in [3.05, 3.63) is 28.2 Å². The van der Waals surface area contributed by atoms with Crippen LogP contribution in [0.1, 0.15) is 23.7 Å². The van der Waals surface area contributed by atoms with Gasteiger partial charge in [-0.1, -0.05) is 6.92 Å². The average molecular weight is 327 g/mol. The second-order valence-electron chi connectivity index (χ2n) is 5.34. The highest BCUT2D eigenvalue weighted by Crippen LogP contribution is 2.31. The molecule has 1 unspecified atom stereocenters. The lowest BCUT2D eigenvalue weighted by molar-refractivity contribution is 0.0777. The highest BCUT2D eigenvalue weighted by Gasteiger charge is 2.35. The molecule has 0 spiro atoms. The van der Waals surface area contributed by atoms with Gasteiger partial charge in [0.05, 0.1) is 11.6 Å². The van der Waals surface area contributed by atoms with E-state index in [9.17, 15) is 4.79 Å². The predicted octanol–water partition coefficient (Wildman–Crippen LogP) is 2.27. The number of ether oxygens (including phenoxy) is 1. The Morgan fingerprint density at radius 3 is 2.84 bits per heavy atom. The van der Waals surface area contributed by atoms with Crippen molar-refractivity contribution in [2.75, 3.05) is 26.7 Å². The highest BCUT2D eigenvalue weighted by atomic mass is 79.9. The Morgan fingerprint density at radius 2 is 2.32 bits per heavy atom. The van der Waals surface area contributed by atoms with Crippen LogP contribution in [0.3, 0.4) is 0 Å². The van der Waals surface area contributed by atoms with Crippen LogP contribution in [0.4, 0.5) is 0 Å². The smallest absolute Gasteiger partial charge is 0.253 e. The molecular formula is C14H19BrN2O2. The maximum Gasteiger partial charge on any atom is 0.253 e. The van der Waals surface area contributed by atoms with E-state index in [2.05, 4.69) is 22.9 Å². The summed E-state index contributed by atoms with van der Waals surface area (Å²) in [6.45, 7) is 4.25. The summed E-state index contributed by atoms with van der Waals surface area (Å²) in [7, 11) is 1.61. The Kier molecular flexibility index (Phi) is 4.16. The van der Waals surface area contributed by atoms with E-state index in [0.717, 1.165) is 29.7 Å². The van der Waals surface area contributed by atoms with Crippen molar-refractivity contribution in [3.8, 4) is 5.75 Å². The number of likely N-dealkylation sites (tertiary alicyclic amines) is 1. The molecule has 4 nitrogen and oxygen atoms in total. The first kappa shape index (κ1) is 14.3. The normalized spacial score (nSPS) is 22.6. The van der Waals surface area contributed by atoms with Crippen LogP contribution in [0.15, 0.2) is 22.7 Å². The molecule has 0 aromatic heterocycles. The molecule has 1 heterocycles. The van der Waals surface area contributed by atoms with Gasteiger partial charge in [-0.2, -0.15) is 0 Å². The van der Waals surface area contributed by atoms with Gasteiger partial charge in [0.2, 0.25) is 0 Å². The van der Waals surface area contributed by atoms with E-state index in [1.807, 2.05) is 4.90 Å². The number of carbonyl (C=O) groups is 1. The van der Waals surface area contributed by atoms with E-state index in [1.54, 1.807) is 25.3 Å². The second-order valence-corrected chi connectivity index (χ2v) is 6.20. The number of halogens is 1. The number of nitrogens with zero attached hydrogens (tertiary/aromatic N) is 1. The minimum Gasteiger partial charge on any atom is -0.496 e. The Morgan fingerprint density at radius 1 is 1.58 bits per heavy atom. The molecule has 1 amide bonds. The van der Waals surface area contributed by atoms with Gasteiger partial charge < -0.3 is 15.4 Å². The average Bonchev–Trinajstić information content (AvgIpc) is 2.81. The molecule has 1 aromatic rings. The molecule has 0 bridgehead atoms. The zero-order valence-corrected chi connectivity index (χ0v) is 12.9. The first-order valence-corrected chi connectivity index (χ1v) is 7.11. The lowest BCUT2D eigenvalue weighted by Gasteiger charge is -2.22. The summed E-state index contributed by atoms with van der Waals surface area (Å²) in [4.78, 5) is 14.3. The van der Waals surface area contributed by atoms with E-state index in [0.29, 0.717) is 12.1 Å². The van der Waals surface area contributed by atoms with Crippen LogP contribution in [-0.4, -0.2) is 37.6 Å². The quantitative estimate of drug-likeness (QED) is 0.927. The van der Waals surface area contributed by atoms with E-state index < -0.39 is 0 Å². The third-order valence-corrected chi connectivity index (χ3v) is 4.36. The van der Waals surface area contributed by atoms with Crippen LogP contribution in [0, 0.1) is 5.41 Å². The Labute approximate surface area is 122 Å². The number of methoxy groups -OCH3 is 1. The lowest BCUT2D eigenvalue weighted by Crippen LogP contribution is -2.34. The molecule has 2 rings (SSSR count). The zero-order valence-electron chi connectivity index (χ0n) is 11.3. The molecule has 1 aromatic carbocycles. The van der Waals surface area contributed by atoms with Gasteiger partial charge in [0.15, 0.2) is 0 Å². The fourth-order valence-corrected chi connectivity index (χ4v) is 2.89. The fourth-order valence-electron chi connectivity index (χ4n) is 2.35. The fraction of sp³-hybridized carbons (Fsp3) is 0.500. The topological polar surface area (TPSA) is 55.6 Å². The Balaban J connectivity index is 2.15. The van der Waals surface area contributed by atoms with Crippen LogP contribution in [0.25, 0.3) is 0 Å². The molecule has 1 fully saturated rings. The van der Waals surface area contributed by atoms with Crippen LogP contribution in [-0.2, 0) is 0 Å². The summed E-state index contributed by atoms with van der Waals surface area (Å²) in [6.07, 6.45) is 0.965. The van der Waals surface area contributed by atoms with Crippen molar-refractivity contribution in [2.24, 2.45) is 11.1 Å². The van der Waals surface area contributed by atoms with Gasteiger partial charge in [0.1, 0.15) is 5.75 Å². The number of nitrogens with two attached hydrogens (primary N) is 1. The molecule has 5 heteroatoms. The molecule has 0 aliphatic carbocycles. The van der Waals surface area contributed by atoms with Gasteiger partial charge in [-0.25, -0.2) is 0 Å². The lowest BCUT2D eigenvalue weighted by atomic mass is 9.90. The molecule has 2 N–H and O–H groups in total. The van der Waals surface area contributed by atoms with E-state index >= 15 is 0 Å². The maximum absolute atomic E-state index is 12.4. The summed E-state index contributed by atoms with van der Waals surface area (Å²) in [5, 5.41) is 0. The molecule has 0 saturated carbocycles. The molecule has 104 valence electrons. The van der Waals surface area contributed by atoms with Crippen molar-refractivity contribution in [1.82, 2.24) is 4.90 Å². The van der Waals surface area contributed by atoms with Crippen molar-refractivity contribution < 1.29 is 9.53 Å². The van der Waals surface area contributed by atoms with Crippen molar-refractivity contribution >= 4 is 21.8 Å². The molecule has 19 heavy (non-hydrogen) atoms. The van der Waals surface area contributed by atoms with Gasteiger partial charge in [-0.3, -0.25) is 4.79 Å². The third kappa shape index (κ3) is 2.92. The molecule has 0 radical (unpaired) electrons. The largest absolute Gasteiger partial charge is 0.496 e. The van der Waals surface area contributed by atoms with Gasteiger partial charge in [-0.05, 0) is 52.5 Å². The predicted molar refractivity (Wildman–Crippen MR) is 78.4 cm³/mol. The number of hydrogen-bond donors (Lipinski definition) is 1. The maximum atomic E-state index is 12.4. The summed E-state index contributed by atoms with van der Waals surface area (Å²) >= 11 is 3.40. The SMILES string of the molecule is COc1ccc(C(=O)N2CCC(C)(CN)C2)cc1Br. The summed E-state index contributed by atoms with van der Waals surface area (Å²) < 4.78 is 5.96. The zero-order chi connectivity index (χ0) is 14.0. The van der Waals surface area contributed by atoms with Crippen molar-refractivity contribution in [2.45, 2.75) is 13.3 Å². The molecule has 1 atom stereocenters. The summed E-state index contributed by atoms with van der Waals surface area (Å²) in [6, 6.07) is 5.40. The third-order valence-electron chi connectivity index (χ3n) is 3.74. The van der Waals surface area contributed by atoms with Crippen LogP contribution in [0.5, 0.6) is 5.75 Å². The number of rotatable bonds is 3. The molecule has 1 aliphatic heterocycles. The van der Waals surface area contributed by atoms with E-state index in [-0.39, 0.29) is 11.3 Å². The van der Waals surface area contributed by atoms with Gasteiger partial charge in [-0.15, -0.1) is 0 Å². The first-order chi connectivity index (χ1) is 8.99. The van der Waals surface area contributed by atoms with Gasteiger partial charge in [0, 0.05) is 18.7 Å². The number of hydrogen-bond acceptors (Lipinski definition) is 3. The Bertz CT molecular complexity index is 492. The Hall–Kier alpha value is -1.07. The summed E-state index contributed by atoms with van der Waals surface area (Å²) in [5.41, 5.74) is 6.50. The molecule has 1 aliphatic rings. The number of benzene rings is 1.